The van der Waals surface area contributed by atoms with Crippen LogP contribution in [-0.2, 0) is 4.79 Å². The van der Waals surface area contributed by atoms with Crippen LogP contribution in [0.3, 0.4) is 0 Å². The van der Waals surface area contributed by atoms with E-state index in [4.69, 9.17) is 22.1 Å². The lowest BCUT2D eigenvalue weighted by molar-refractivity contribution is -0.124. The minimum atomic E-state index is -0.0835. The Morgan fingerprint density at radius 1 is 1.40 bits per heavy atom. The molecule has 0 aliphatic heterocycles. The summed E-state index contributed by atoms with van der Waals surface area (Å²) in [5.41, 5.74) is 6.77. The first-order chi connectivity index (χ1) is 9.54. The first kappa shape index (κ1) is 15.1. The molecule has 0 bridgehead atoms. The lowest BCUT2D eigenvalue weighted by Crippen LogP contribution is -2.42. The lowest BCUT2D eigenvalue weighted by Gasteiger charge is -2.26. The Bertz CT molecular complexity index is 471. The number of hydrogen-bond acceptors (Lipinski definition) is 3. The van der Waals surface area contributed by atoms with Crippen molar-refractivity contribution in [1.29, 1.82) is 0 Å². The van der Waals surface area contributed by atoms with Gasteiger partial charge in [0.15, 0.2) is 6.61 Å². The number of benzene rings is 1. The van der Waals surface area contributed by atoms with Crippen molar-refractivity contribution in [2.75, 3.05) is 6.61 Å². The van der Waals surface area contributed by atoms with Crippen molar-refractivity contribution in [1.82, 2.24) is 5.32 Å². The van der Waals surface area contributed by atoms with E-state index in [0.717, 1.165) is 31.2 Å². The Kier molecular flexibility index (Phi) is 5.26. The Morgan fingerprint density at radius 3 is 2.75 bits per heavy atom. The van der Waals surface area contributed by atoms with Gasteiger partial charge in [0.2, 0.25) is 0 Å². The summed E-state index contributed by atoms with van der Waals surface area (Å²) in [5.74, 6) is 0.607. The molecule has 20 heavy (non-hydrogen) atoms. The molecule has 0 saturated heterocycles. The van der Waals surface area contributed by atoms with Crippen LogP contribution in [0.15, 0.2) is 18.2 Å². The molecule has 1 aliphatic rings. The van der Waals surface area contributed by atoms with E-state index in [0.29, 0.717) is 10.8 Å². The summed E-state index contributed by atoms with van der Waals surface area (Å²) >= 11 is 5.88. The number of nitrogens with one attached hydrogen (secondary N) is 1. The normalized spacial score (nSPS) is 22.4. The number of ether oxygens (including phenoxy) is 1. The number of halogens is 1. The molecule has 0 spiro atoms. The van der Waals surface area contributed by atoms with E-state index in [1.54, 1.807) is 12.1 Å². The number of nitrogens with two attached hydrogens (primary N) is 1. The molecule has 1 saturated carbocycles. The van der Waals surface area contributed by atoms with Crippen LogP contribution in [0.25, 0.3) is 0 Å². The molecule has 110 valence electrons. The monoisotopic (exact) mass is 296 g/mol. The Balaban J connectivity index is 1.77. The highest BCUT2D eigenvalue weighted by Gasteiger charge is 2.20. The van der Waals surface area contributed by atoms with Crippen LogP contribution in [0.4, 0.5) is 0 Å². The molecule has 0 unspecified atom stereocenters. The fourth-order valence-electron chi connectivity index (χ4n) is 2.45. The lowest BCUT2D eigenvalue weighted by atomic mass is 9.92. The van der Waals surface area contributed by atoms with Gasteiger partial charge in [-0.15, -0.1) is 0 Å². The third kappa shape index (κ3) is 4.39. The first-order valence-corrected chi connectivity index (χ1v) is 7.36. The number of carbonyl (C=O) groups excluding carboxylic acids is 1. The highest BCUT2D eigenvalue weighted by Crippen LogP contribution is 2.21. The molecule has 1 fully saturated rings. The number of amides is 1. The Morgan fingerprint density at radius 2 is 2.10 bits per heavy atom. The number of carbonyl (C=O) groups is 1. The summed E-state index contributed by atoms with van der Waals surface area (Å²) in [6, 6.07) is 5.87. The van der Waals surface area contributed by atoms with E-state index in [1.807, 2.05) is 13.0 Å². The molecule has 0 aromatic heterocycles. The van der Waals surface area contributed by atoms with Crippen LogP contribution in [0.1, 0.15) is 31.2 Å². The smallest absolute Gasteiger partial charge is 0.258 e. The molecule has 0 atom stereocenters. The molecule has 4 nitrogen and oxygen atoms in total. The zero-order valence-electron chi connectivity index (χ0n) is 11.7. The van der Waals surface area contributed by atoms with Gasteiger partial charge in [0.05, 0.1) is 0 Å². The van der Waals surface area contributed by atoms with E-state index in [-0.39, 0.29) is 24.6 Å². The molecular formula is C15H21ClN2O2. The van der Waals surface area contributed by atoms with E-state index < -0.39 is 0 Å². The van der Waals surface area contributed by atoms with Gasteiger partial charge in [-0.2, -0.15) is 0 Å². The summed E-state index contributed by atoms with van der Waals surface area (Å²) in [7, 11) is 0. The highest BCUT2D eigenvalue weighted by atomic mass is 35.5. The van der Waals surface area contributed by atoms with Gasteiger partial charge in [-0.25, -0.2) is 0 Å². The molecule has 2 rings (SSSR count). The number of hydrogen-bond donors (Lipinski definition) is 2. The maximum atomic E-state index is 11.9. The average molecular weight is 297 g/mol. The maximum absolute atomic E-state index is 11.9. The van der Waals surface area contributed by atoms with Crippen LogP contribution in [0, 0.1) is 6.92 Å². The van der Waals surface area contributed by atoms with Gasteiger partial charge in [-0.1, -0.05) is 11.6 Å². The minimum absolute atomic E-state index is 0.0328. The molecule has 1 aromatic carbocycles. The van der Waals surface area contributed by atoms with Crippen LogP contribution >= 0.6 is 11.6 Å². The van der Waals surface area contributed by atoms with Crippen LogP contribution in [0.2, 0.25) is 5.02 Å². The first-order valence-electron chi connectivity index (χ1n) is 6.98. The van der Waals surface area contributed by atoms with Crippen molar-refractivity contribution in [3.8, 4) is 5.75 Å². The topological polar surface area (TPSA) is 64.3 Å². The quantitative estimate of drug-likeness (QED) is 0.897. The largest absolute Gasteiger partial charge is 0.484 e. The third-order valence-electron chi connectivity index (χ3n) is 3.63. The third-order valence-corrected chi connectivity index (χ3v) is 3.87. The zero-order chi connectivity index (χ0) is 14.5. The molecule has 0 heterocycles. The number of rotatable bonds is 4. The van der Waals surface area contributed by atoms with Gasteiger partial charge in [-0.3, -0.25) is 4.79 Å². The van der Waals surface area contributed by atoms with Gasteiger partial charge in [0, 0.05) is 17.1 Å². The van der Waals surface area contributed by atoms with Crippen molar-refractivity contribution >= 4 is 17.5 Å². The molecule has 0 radical (unpaired) electrons. The zero-order valence-corrected chi connectivity index (χ0v) is 12.5. The summed E-state index contributed by atoms with van der Waals surface area (Å²) in [5, 5.41) is 3.66. The second kappa shape index (κ2) is 6.95. The fraction of sp³-hybridized carbons (Fsp3) is 0.533. The molecule has 1 aliphatic carbocycles. The Labute approximate surface area is 124 Å². The molecule has 3 N–H and O–H groups in total. The van der Waals surface area contributed by atoms with Crippen molar-refractivity contribution in [2.24, 2.45) is 5.73 Å². The predicted molar refractivity (Wildman–Crippen MR) is 80.1 cm³/mol. The summed E-state index contributed by atoms with van der Waals surface area (Å²) in [6.45, 7) is 1.94. The van der Waals surface area contributed by atoms with Crippen LogP contribution in [0.5, 0.6) is 5.75 Å². The number of aryl methyl sites for hydroxylation is 1. The van der Waals surface area contributed by atoms with Gasteiger partial charge in [0.1, 0.15) is 5.75 Å². The van der Waals surface area contributed by atoms with Gasteiger partial charge in [-0.05, 0) is 56.4 Å². The fourth-order valence-corrected chi connectivity index (χ4v) is 2.68. The summed E-state index contributed by atoms with van der Waals surface area (Å²) in [6.07, 6.45) is 3.85. The molecule has 1 aromatic rings. The standard InChI is InChI=1S/C15H21ClN2O2/c1-10-8-11(16)2-7-14(10)20-9-15(19)18-13-5-3-12(17)4-6-13/h2,7-8,12-13H,3-6,9,17H2,1H3,(H,18,19). The summed E-state index contributed by atoms with van der Waals surface area (Å²) in [4.78, 5) is 11.9. The SMILES string of the molecule is Cc1cc(Cl)ccc1OCC(=O)NC1CCC(N)CC1. The second-order valence-electron chi connectivity index (χ2n) is 5.38. The Hall–Kier alpha value is -1.26. The van der Waals surface area contributed by atoms with Crippen LogP contribution in [-0.4, -0.2) is 24.6 Å². The van der Waals surface area contributed by atoms with Gasteiger partial charge < -0.3 is 15.8 Å². The van der Waals surface area contributed by atoms with Crippen molar-refractivity contribution in [2.45, 2.75) is 44.7 Å². The van der Waals surface area contributed by atoms with E-state index >= 15 is 0 Å². The second-order valence-corrected chi connectivity index (χ2v) is 5.81. The predicted octanol–water partition coefficient (Wildman–Crippen LogP) is 2.41. The summed E-state index contributed by atoms with van der Waals surface area (Å²) < 4.78 is 5.52. The van der Waals surface area contributed by atoms with Crippen LogP contribution < -0.4 is 15.8 Å². The van der Waals surface area contributed by atoms with E-state index in [2.05, 4.69) is 5.32 Å². The molecular weight excluding hydrogens is 276 g/mol. The van der Waals surface area contributed by atoms with Gasteiger partial charge >= 0.3 is 0 Å². The van der Waals surface area contributed by atoms with Gasteiger partial charge in [0.25, 0.3) is 5.91 Å². The van der Waals surface area contributed by atoms with Crippen molar-refractivity contribution < 1.29 is 9.53 Å². The van der Waals surface area contributed by atoms with Crippen molar-refractivity contribution in [3.05, 3.63) is 28.8 Å². The molecule has 5 heteroatoms. The maximum Gasteiger partial charge on any atom is 0.258 e. The molecule has 1 amide bonds. The van der Waals surface area contributed by atoms with Crippen molar-refractivity contribution in [3.63, 3.8) is 0 Å². The minimum Gasteiger partial charge on any atom is -0.484 e. The van der Waals surface area contributed by atoms with E-state index in [1.165, 1.54) is 0 Å². The highest BCUT2D eigenvalue weighted by molar-refractivity contribution is 6.30. The average Bonchev–Trinajstić information content (AvgIpc) is 2.40. The van der Waals surface area contributed by atoms with E-state index in [9.17, 15) is 4.79 Å².